The molecule has 0 bridgehead atoms. The van der Waals surface area contributed by atoms with Crippen LogP contribution in [-0.2, 0) is 14.9 Å². The molecule has 0 radical (unpaired) electrons. The van der Waals surface area contributed by atoms with Gasteiger partial charge < -0.3 is 15.6 Å². The molecule has 1 atom stereocenters. The van der Waals surface area contributed by atoms with Gasteiger partial charge in [-0.2, -0.15) is 0 Å². The molecular formula is C16H21FN2O4. The average Bonchev–Trinajstić information content (AvgIpc) is 3.19. The van der Waals surface area contributed by atoms with Gasteiger partial charge in [-0.1, -0.05) is 0 Å². The number of carboxylic acids is 1. The van der Waals surface area contributed by atoms with Crippen molar-refractivity contribution >= 4 is 17.7 Å². The molecule has 1 fully saturated rings. The van der Waals surface area contributed by atoms with Gasteiger partial charge in [0.2, 0.25) is 0 Å². The van der Waals surface area contributed by atoms with Crippen LogP contribution < -0.4 is 11.1 Å². The smallest absolute Gasteiger partial charge is 0.412 e. The number of halogens is 1. The maximum Gasteiger partial charge on any atom is 0.412 e. The van der Waals surface area contributed by atoms with Gasteiger partial charge in [-0.05, 0) is 57.4 Å². The highest BCUT2D eigenvalue weighted by atomic mass is 19.1. The van der Waals surface area contributed by atoms with Gasteiger partial charge in [0.1, 0.15) is 17.5 Å². The van der Waals surface area contributed by atoms with Crippen LogP contribution in [0.1, 0.15) is 39.2 Å². The van der Waals surface area contributed by atoms with Crippen molar-refractivity contribution in [2.45, 2.75) is 50.7 Å². The van der Waals surface area contributed by atoms with Crippen molar-refractivity contribution in [2.24, 2.45) is 5.73 Å². The largest absolute Gasteiger partial charge is 0.480 e. The van der Waals surface area contributed by atoms with Crippen molar-refractivity contribution in [2.75, 3.05) is 5.32 Å². The average molecular weight is 324 g/mol. The Labute approximate surface area is 133 Å². The molecule has 0 aliphatic heterocycles. The molecule has 0 heterocycles. The van der Waals surface area contributed by atoms with E-state index in [1.165, 1.54) is 18.2 Å². The number of rotatable bonds is 4. The molecule has 23 heavy (non-hydrogen) atoms. The molecule has 0 saturated heterocycles. The van der Waals surface area contributed by atoms with Crippen molar-refractivity contribution in [1.82, 2.24) is 0 Å². The molecule has 1 aliphatic rings. The monoisotopic (exact) mass is 324 g/mol. The highest BCUT2D eigenvalue weighted by Crippen LogP contribution is 2.53. The molecule has 6 nitrogen and oxygen atoms in total. The fourth-order valence-electron chi connectivity index (χ4n) is 2.57. The lowest BCUT2D eigenvalue weighted by Crippen LogP contribution is -2.42. The van der Waals surface area contributed by atoms with E-state index < -0.39 is 34.9 Å². The zero-order valence-electron chi connectivity index (χ0n) is 13.4. The molecular weight excluding hydrogens is 303 g/mol. The number of carbonyl (C=O) groups excluding carboxylic acids is 1. The van der Waals surface area contributed by atoms with Crippen LogP contribution in [0.25, 0.3) is 0 Å². The van der Waals surface area contributed by atoms with Crippen molar-refractivity contribution in [3.05, 3.63) is 29.6 Å². The summed E-state index contributed by atoms with van der Waals surface area (Å²) in [7, 11) is 0. The molecule has 1 aliphatic carbocycles. The van der Waals surface area contributed by atoms with Crippen LogP contribution in [-0.4, -0.2) is 28.8 Å². The normalized spacial score (nSPS) is 17.3. The molecule has 0 aromatic heterocycles. The van der Waals surface area contributed by atoms with Crippen molar-refractivity contribution in [3.8, 4) is 0 Å². The highest BCUT2D eigenvalue weighted by Gasteiger charge is 2.53. The summed E-state index contributed by atoms with van der Waals surface area (Å²) in [4.78, 5) is 23.2. The zero-order chi connectivity index (χ0) is 17.4. The molecule has 126 valence electrons. The van der Waals surface area contributed by atoms with Gasteiger partial charge in [0.25, 0.3) is 0 Å². The summed E-state index contributed by atoms with van der Waals surface area (Å²) < 4.78 is 18.8. The number of ether oxygens (including phenoxy) is 1. The van der Waals surface area contributed by atoms with E-state index in [1.54, 1.807) is 20.8 Å². The minimum Gasteiger partial charge on any atom is -0.480 e. The lowest BCUT2D eigenvalue weighted by Gasteiger charge is -2.25. The van der Waals surface area contributed by atoms with Gasteiger partial charge in [0.05, 0.1) is 0 Å². The quantitative estimate of drug-likeness (QED) is 0.790. The van der Waals surface area contributed by atoms with Crippen LogP contribution in [0.5, 0.6) is 0 Å². The van der Waals surface area contributed by atoms with Gasteiger partial charge in [0, 0.05) is 11.1 Å². The predicted molar refractivity (Wildman–Crippen MR) is 82.8 cm³/mol. The maximum atomic E-state index is 13.6. The summed E-state index contributed by atoms with van der Waals surface area (Å²) in [6.07, 6.45) is 0.352. The number of aliphatic carboxylic acids is 1. The fourth-order valence-corrected chi connectivity index (χ4v) is 2.57. The first-order chi connectivity index (χ1) is 10.5. The number of amides is 1. The van der Waals surface area contributed by atoms with Gasteiger partial charge in [0.15, 0.2) is 0 Å². The summed E-state index contributed by atoms with van der Waals surface area (Å²) in [5, 5.41) is 11.7. The zero-order valence-corrected chi connectivity index (χ0v) is 13.4. The van der Waals surface area contributed by atoms with Crippen LogP contribution >= 0.6 is 0 Å². The Balaban J connectivity index is 2.32. The summed E-state index contributed by atoms with van der Waals surface area (Å²) in [5.41, 5.74) is 4.93. The highest BCUT2D eigenvalue weighted by molar-refractivity contribution is 5.87. The molecule has 0 spiro atoms. The van der Waals surface area contributed by atoms with E-state index in [0.29, 0.717) is 24.1 Å². The predicted octanol–water partition coefficient (Wildman–Crippen LogP) is 2.62. The van der Waals surface area contributed by atoms with E-state index in [-0.39, 0.29) is 0 Å². The van der Waals surface area contributed by atoms with Crippen molar-refractivity contribution in [3.63, 3.8) is 0 Å². The number of carbonyl (C=O) groups is 2. The molecule has 1 saturated carbocycles. The molecule has 1 amide bonds. The molecule has 4 N–H and O–H groups in total. The Hall–Kier alpha value is -2.15. The fraction of sp³-hybridized carbons (Fsp3) is 0.500. The first-order valence-electron chi connectivity index (χ1n) is 7.33. The Morgan fingerprint density at radius 2 is 2.00 bits per heavy atom. The van der Waals surface area contributed by atoms with Gasteiger partial charge in [-0.15, -0.1) is 0 Å². The standard InChI is InChI=1S/C16H21FN2O4/c1-15(2,3)23-14(22)19-11-5-4-9(17)8-10(11)16(6-7-16)12(18)13(20)21/h4-5,8,12H,6-7,18H2,1-3H3,(H,19,22)(H,20,21). The van der Waals surface area contributed by atoms with Crippen LogP contribution in [0.3, 0.4) is 0 Å². The van der Waals surface area contributed by atoms with Crippen molar-refractivity contribution in [1.29, 1.82) is 0 Å². The second-order valence-electron chi connectivity index (χ2n) is 6.79. The summed E-state index contributed by atoms with van der Waals surface area (Å²) >= 11 is 0. The molecule has 2 rings (SSSR count). The SMILES string of the molecule is CC(C)(C)OC(=O)Nc1ccc(F)cc1C1(C(N)C(=O)O)CC1. The van der Waals surface area contributed by atoms with Crippen molar-refractivity contribution < 1.29 is 23.8 Å². The third-order valence-corrected chi connectivity index (χ3v) is 3.80. The summed E-state index contributed by atoms with van der Waals surface area (Å²) in [6, 6.07) is 2.65. The van der Waals surface area contributed by atoms with Crippen LogP contribution in [0.2, 0.25) is 0 Å². The van der Waals surface area contributed by atoms with Crippen LogP contribution in [0.15, 0.2) is 18.2 Å². The number of nitrogens with two attached hydrogens (primary N) is 1. The minimum atomic E-state index is -1.16. The first kappa shape index (κ1) is 17.2. The number of carboxylic acid groups (broad SMARTS) is 1. The molecule has 7 heteroatoms. The lowest BCUT2D eigenvalue weighted by molar-refractivity contribution is -0.139. The molecule has 1 aromatic rings. The Kier molecular flexibility index (Phi) is 4.34. The molecule has 1 unspecified atom stereocenters. The third-order valence-electron chi connectivity index (χ3n) is 3.80. The maximum absolute atomic E-state index is 13.6. The van der Waals surface area contributed by atoms with E-state index in [1.807, 2.05) is 0 Å². The van der Waals surface area contributed by atoms with E-state index >= 15 is 0 Å². The van der Waals surface area contributed by atoms with Crippen LogP contribution in [0.4, 0.5) is 14.9 Å². The van der Waals surface area contributed by atoms with Gasteiger partial charge >= 0.3 is 12.1 Å². The number of hydrogen-bond donors (Lipinski definition) is 3. The van der Waals surface area contributed by atoms with E-state index in [0.717, 1.165) is 0 Å². The van der Waals surface area contributed by atoms with Gasteiger partial charge in [-0.3, -0.25) is 10.1 Å². The number of anilines is 1. The lowest BCUT2D eigenvalue weighted by atomic mass is 9.87. The number of nitrogens with one attached hydrogen (secondary N) is 1. The molecule has 1 aromatic carbocycles. The number of hydrogen-bond acceptors (Lipinski definition) is 4. The topological polar surface area (TPSA) is 102 Å². The Bertz CT molecular complexity index is 635. The van der Waals surface area contributed by atoms with E-state index in [9.17, 15) is 19.1 Å². The van der Waals surface area contributed by atoms with E-state index in [4.69, 9.17) is 10.5 Å². The summed E-state index contributed by atoms with van der Waals surface area (Å²) in [6.45, 7) is 5.17. The number of benzene rings is 1. The Morgan fingerprint density at radius 1 is 1.39 bits per heavy atom. The third kappa shape index (κ3) is 3.79. The van der Waals surface area contributed by atoms with Crippen LogP contribution in [0, 0.1) is 5.82 Å². The van der Waals surface area contributed by atoms with E-state index in [2.05, 4.69) is 5.32 Å². The second-order valence-corrected chi connectivity index (χ2v) is 6.79. The minimum absolute atomic E-state index is 0.315. The summed E-state index contributed by atoms with van der Waals surface area (Å²) in [5.74, 6) is -1.67. The second kappa shape index (κ2) is 5.81. The van der Waals surface area contributed by atoms with Gasteiger partial charge in [-0.25, -0.2) is 9.18 Å². The first-order valence-corrected chi connectivity index (χ1v) is 7.33. The Morgan fingerprint density at radius 3 is 2.48 bits per heavy atom.